The topological polar surface area (TPSA) is 75.6 Å². The molecule has 0 radical (unpaired) electrons. The quantitative estimate of drug-likeness (QED) is 0.566. The van der Waals surface area contributed by atoms with Crippen molar-refractivity contribution < 1.29 is 14.3 Å². The zero-order valence-electron chi connectivity index (χ0n) is 17.8. The molecular weight excluding hydrogens is 392 g/mol. The van der Waals surface area contributed by atoms with Gasteiger partial charge in [0.1, 0.15) is 17.9 Å². The number of pyridine rings is 2. The summed E-state index contributed by atoms with van der Waals surface area (Å²) in [6.45, 7) is 5.00. The van der Waals surface area contributed by atoms with E-state index in [1.807, 2.05) is 36.9 Å². The lowest BCUT2D eigenvalue weighted by Gasteiger charge is -2.22. The van der Waals surface area contributed by atoms with Gasteiger partial charge in [-0.3, -0.25) is 9.59 Å². The Balaban J connectivity index is 1.57. The zero-order chi connectivity index (χ0) is 22.0. The summed E-state index contributed by atoms with van der Waals surface area (Å²) in [7, 11) is 1.76. The van der Waals surface area contributed by atoms with Crippen molar-refractivity contribution in [2.24, 2.45) is 0 Å². The molecule has 4 rings (SSSR count). The van der Waals surface area contributed by atoms with E-state index in [1.54, 1.807) is 42.5 Å². The maximum atomic E-state index is 13.2. The third kappa shape index (κ3) is 3.86. The van der Waals surface area contributed by atoms with Crippen molar-refractivity contribution in [3.63, 3.8) is 0 Å². The van der Waals surface area contributed by atoms with E-state index in [9.17, 15) is 9.59 Å². The van der Waals surface area contributed by atoms with Gasteiger partial charge < -0.3 is 14.5 Å². The molecule has 31 heavy (non-hydrogen) atoms. The van der Waals surface area contributed by atoms with Gasteiger partial charge in [0.2, 0.25) is 0 Å². The minimum absolute atomic E-state index is 0.115. The molecule has 0 fully saturated rings. The summed E-state index contributed by atoms with van der Waals surface area (Å²) in [6, 6.07) is 10.9. The van der Waals surface area contributed by atoms with Crippen molar-refractivity contribution in [2.75, 3.05) is 30.0 Å². The van der Waals surface area contributed by atoms with Crippen LogP contribution in [0.5, 0.6) is 5.75 Å². The predicted molar refractivity (Wildman–Crippen MR) is 120 cm³/mol. The number of ether oxygens (including phenoxy) is 1. The lowest BCUT2D eigenvalue weighted by Crippen LogP contribution is -2.25. The van der Waals surface area contributed by atoms with Gasteiger partial charge in [0.25, 0.3) is 5.91 Å². The monoisotopic (exact) mass is 416 g/mol. The number of aryl methyl sites for hydroxylation is 1. The average Bonchev–Trinajstić information content (AvgIpc) is 2.88. The normalized spacial score (nSPS) is 12.8. The summed E-state index contributed by atoms with van der Waals surface area (Å²) in [5.41, 5.74) is 3.75. The number of carbonyl (C=O) groups is 2. The van der Waals surface area contributed by atoms with Gasteiger partial charge in [0, 0.05) is 38.0 Å². The van der Waals surface area contributed by atoms with E-state index in [1.165, 1.54) is 0 Å². The van der Waals surface area contributed by atoms with Crippen LogP contribution in [0, 0.1) is 6.92 Å². The number of benzene rings is 1. The summed E-state index contributed by atoms with van der Waals surface area (Å²) < 4.78 is 5.89. The highest BCUT2D eigenvalue weighted by atomic mass is 16.5. The van der Waals surface area contributed by atoms with Gasteiger partial charge in [0.05, 0.1) is 17.9 Å². The number of aldehydes is 1. The molecule has 7 nitrogen and oxygen atoms in total. The molecule has 3 aromatic rings. The lowest BCUT2D eigenvalue weighted by molar-refractivity contribution is 0.0993. The molecular formula is C24H24N4O3. The largest absolute Gasteiger partial charge is 0.493 e. The van der Waals surface area contributed by atoms with Gasteiger partial charge in [0.15, 0.2) is 5.82 Å². The van der Waals surface area contributed by atoms with E-state index in [2.05, 4.69) is 9.97 Å². The van der Waals surface area contributed by atoms with Crippen LogP contribution in [0.25, 0.3) is 0 Å². The predicted octanol–water partition coefficient (Wildman–Crippen LogP) is 3.97. The Labute approximate surface area is 181 Å². The number of rotatable bonds is 6. The molecule has 0 spiro atoms. The van der Waals surface area contributed by atoms with E-state index < -0.39 is 0 Å². The van der Waals surface area contributed by atoms with Crippen LogP contribution in [-0.4, -0.2) is 42.4 Å². The van der Waals surface area contributed by atoms with Crippen molar-refractivity contribution in [2.45, 2.75) is 20.3 Å². The summed E-state index contributed by atoms with van der Waals surface area (Å²) >= 11 is 0. The molecule has 1 aliphatic heterocycles. The number of aromatic nitrogens is 2. The zero-order valence-corrected chi connectivity index (χ0v) is 17.8. The average molecular weight is 416 g/mol. The SMILES string of the molecule is CCN1c2ncc(CCOc3ccc(C=O)cc3C)cc2C(=O)N(C)c2cccnc21. The summed E-state index contributed by atoms with van der Waals surface area (Å²) in [6.07, 6.45) is 4.93. The van der Waals surface area contributed by atoms with Crippen molar-refractivity contribution in [3.05, 3.63) is 71.0 Å². The van der Waals surface area contributed by atoms with Crippen LogP contribution >= 0.6 is 0 Å². The number of hydrogen-bond acceptors (Lipinski definition) is 6. The maximum Gasteiger partial charge on any atom is 0.261 e. The van der Waals surface area contributed by atoms with Crippen molar-refractivity contribution in [1.82, 2.24) is 9.97 Å². The fourth-order valence-corrected chi connectivity index (χ4v) is 3.74. The highest BCUT2D eigenvalue weighted by Gasteiger charge is 2.30. The maximum absolute atomic E-state index is 13.2. The molecule has 158 valence electrons. The molecule has 1 aliphatic rings. The van der Waals surface area contributed by atoms with Crippen LogP contribution < -0.4 is 14.5 Å². The smallest absolute Gasteiger partial charge is 0.261 e. The molecule has 0 N–H and O–H groups in total. The highest BCUT2D eigenvalue weighted by molar-refractivity contribution is 6.12. The first-order valence-electron chi connectivity index (χ1n) is 10.2. The molecule has 7 heteroatoms. The van der Waals surface area contributed by atoms with Gasteiger partial charge in [-0.25, -0.2) is 9.97 Å². The third-order valence-electron chi connectivity index (χ3n) is 5.40. The molecule has 0 saturated heterocycles. The minimum Gasteiger partial charge on any atom is -0.493 e. The Morgan fingerprint density at radius 2 is 1.97 bits per heavy atom. The van der Waals surface area contributed by atoms with Gasteiger partial charge in [-0.05, 0) is 61.4 Å². The molecule has 3 heterocycles. The third-order valence-corrected chi connectivity index (χ3v) is 5.40. The molecule has 1 aromatic carbocycles. The standard InChI is InChI=1S/C24H24N4O3/c1-4-28-22-19(24(30)27(3)20-6-5-10-25-23(20)28)13-17(14-26-22)9-11-31-21-8-7-18(15-29)12-16(21)2/h5-8,10,12-15H,4,9,11H2,1-3H3. The van der Waals surface area contributed by atoms with E-state index >= 15 is 0 Å². The van der Waals surface area contributed by atoms with E-state index in [-0.39, 0.29) is 5.91 Å². The summed E-state index contributed by atoms with van der Waals surface area (Å²) in [5, 5.41) is 0. The van der Waals surface area contributed by atoms with Crippen molar-refractivity contribution in [3.8, 4) is 5.75 Å². The second-order valence-corrected chi connectivity index (χ2v) is 7.41. The van der Waals surface area contributed by atoms with Crippen molar-refractivity contribution >= 4 is 29.5 Å². The van der Waals surface area contributed by atoms with Crippen LogP contribution in [0.2, 0.25) is 0 Å². The van der Waals surface area contributed by atoms with Gasteiger partial charge >= 0.3 is 0 Å². The Bertz CT molecular complexity index is 1150. The van der Waals surface area contributed by atoms with Gasteiger partial charge in [-0.15, -0.1) is 0 Å². The first-order chi connectivity index (χ1) is 15.0. The Morgan fingerprint density at radius 3 is 2.71 bits per heavy atom. The fourth-order valence-electron chi connectivity index (χ4n) is 3.74. The molecule has 0 aliphatic carbocycles. The minimum atomic E-state index is -0.115. The first kappa shape index (κ1) is 20.5. The molecule has 0 unspecified atom stereocenters. The van der Waals surface area contributed by atoms with Crippen LogP contribution in [0.1, 0.15) is 38.8 Å². The molecule has 2 aromatic heterocycles. The molecule has 1 amide bonds. The Hall–Kier alpha value is -3.74. The highest BCUT2D eigenvalue weighted by Crippen LogP contribution is 2.37. The van der Waals surface area contributed by atoms with E-state index in [0.717, 1.165) is 34.7 Å². The second kappa shape index (κ2) is 8.55. The fraction of sp³-hybridized carbons (Fsp3) is 0.250. The lowest BCUT2D eigenvalue weighted by atomic mass is 10.1. The van der Waals surface area contributed by atoms with Gasteiger partial charge in [-0.2, -0.15) is 0 Å². The van der Waals surface area contributed by atoms with E-state index in [0.29, 0.717) is 36.5 Å². The van der Waals surface area contributed by atoms with Crippen LogP contribution in [-0.2, 0) is 6.42 Å². The Kier molecular flexibility index (Phi) is 5.66. The molecule has 0 atom stereocenters. The van der Waals surface area contributed by atoms with Crippen molar-refractivity contribution in [1.29, 1.82) is 0 Å². The number of anilines is 3. The number of carbonyl (C=O) groups excluding carboxylic acids is 2. The van der Waals surface area contributed by atoms with Crippen LogP contribution in [0.4, 0.5) is 17.3 Å². The van der Waals surface area contributed by atoms with Crippen LogP contribution in [0.3, 0.4) is 0 Å². The molecule has 0 bridgehead atoms. The summed E-state index contributed by atoms with van der Waals surface area (Å²) in [5.74, 6) is 1.96. The van der Waals surface area contributed by atoms with Gasteiger partial charge in [-0.1, -0.05) is 0 Å². The second-order valence-electron chi connectivity index (χ2n) is 7.41. The first-order valence-corrected chi connectivity index (χ1v) is 10.2. The summed E-state index contributed by atoms with van der Waals surface area (Å²) in [4.78, 5) is 36.8. The number of amides is 1. The number of fused-ring (bicyclic) bond motifs is 2. The Morgan fingerprint density at radius 1 is 1.13 bits per heavy atom. The number of nitrogens with zero attached hydrogens (tertiary/aromatic N) is 4. The molecule has 0 saturated carbocycles. The van der Waals surface area contributed by atoms with E-state index in [4.69, 9.17) is 4.74 Å². The number of hydrogen-bond donors (Lipinski definition) is 0. The van der Waals surface area contributed by atoms with Crippen LogP contribution in [0.15, 0.2) is 48.8 Å².